The molecule has 0 aliphatic rings. The molecule has 0 heterocycles. The highest BCUT2D eigenvalue weighted by Gasteiger charge is 2.09. The van der Waals surface area contributed by atoms with Crippen molar-refractivity contribution in [1.29, 1.82) is 0 Å². The van der Waals surface area contributed by atoms with Crippen molar-refractivity contribution in [3.05, 3.63) is 71.3 Å². The monoisotopic (exact) mass is 282 g/mol. The van der Waals surface area contributed by atoms with Gasteiger partial charge in [0.15, 0.2) is 0 Å². The molecule has 2 aromatic carbocycles. The van der Waals surface area contributed by atoms with E-state index >= 15 is 0 Å². The second-order valence-corrected chi connectivity index (χ2v) is 5.66. The Bertz CT molecular complexity index is 519. The highest BCUT2D eigenvalue weighted by molar-refractivity contribution is 5.23. The van der Waals surface area contributed by atoms with Crippen LogP contribution in [0.25, 0.3) is 0 Å². The molecule has 0 aromatic heterocycles. The summed E-state index contributed by atoms with van der Waals surface area (Å²) in [6.45, 7) is 7.39. The first-order valence-electron chi connectivity index (χ1n) is 7.77. The van der Waals surface area contributed by atoms with Gasteiger partial charge in [-0.05, 0) is 31.0 Å². The standard InChI is InChI=1S/C19H26N2/c1-3-21(15-17-7-5-4-6-8-17)14-13-19(20)18-11-9-16(2)10-12-18/h4-12,19H,3,13-15,20H2,1-2H3. The van der Waals surface area contributed by atoms with Crippen molar-refractivity contribution in [3.63, 3.8) is 0 Å². The minimum Gasteiger partial charge on any atom is -0.324 e. The Kier molecular flexibility index (Phi) is 5.97. The average Bonchev–Trinajstić information content (AvgIpc) is 2.52. The summed E-state index contributed by atoms with van der Waals surface area (Å²) in [6, 6.07) is 19.3. The van der Waals surface area contributed by atoms with Crippen LogP contribution in [0.1, 0.15) is 36.1 Å². The molecule has 0 aliphatic heterocycles. The quantitative estimate of drug-likeness (QED) is 0.834. The van der Waals surface area contributed by atoms with E-state index in [1.165, 1.54) is 16.7 Å². The average molecular weight is 282 g/mol. The molecule has 0 saturated carbocycles. The molecule has 0 spiro atoms. The number of aryl methyl sites for hydroxylation is 1. The second kappa shape index (κ2) is 7.96. The Morgan fingerprint density at radius 3 is 2.29 bits per heavy atom. The van der Waals surface area contributed by atoms with Gasteiger partial charge in [-0.2, -0.15) is 0 Å². The lowest BCUT2D eigenvalue weighted by Gasteiger charge is -2.22. The van der Waals surface area contributed by atoms with E-state index in [-0.39, 0.29) is 6.04 Å². The molecule has 0 fully saturated rings. The number of benzene rings is 2. The first kappa shape index (κ1) is 15.7. The summed E-state index contributed by atoms with van der Waals surface area (Å²) in [4.78, 5) is 2.45. The van der Waals surface area contributed by atoms with Crippen molar-refractivity contribution < 1.29 is 0 Å². The Labute approximate surface area is 128 Å². The molecule has 2 heteroatoms. The maximum Gasteiger partial charge on any atom is 0.0307 e. The van der Waals surface area contributed by atoms with Crippen LogP contribution in [0.4, 0.5) is 0 Å². The zero-order valence-electron chi connectivity index (χ0n) is 13.1. The van der Waals surface area contributed by atoms with Crippen LogP contribution in [0.3, 0.4) is 0 Å². The van der Waals surface area contributed by atoms with Crippen LogP contribution in [-0.4, -0.2) is 18.0 Å². The van der Waals surface area contributed by atoms with Crippen molar-refractivity contribution in [1.82, 2.24) is 4.90 Å². The van der Waals surface area contributed by atoms with Crippen molar-refractivity contribution >= 4 is 0 Å². The molecule has 2 nitrogen and oxygen atoms in total. The van der Waals surface area contributed by atoms with E-state index in [0.717, 1.165) is 26.1 Å². The number of hydrogen-bond donors (Lipinski definition) is 1. The van der Waals surface area contributed by atoms with Gasteiger partial charge in [0.05, 0.1) is 0 Å². The predicted molar refractivity (Wildman–Crippen MR) is 90.1 cm³/mol. The second-order valence-electron chi connectivity index (χ2n) is 5.66. The molecule has 112 valence electrons. The first-order valence-corrected chi connectivity index (χ1v) is 7.77. The fraction of sp³-hybridized carbons (Fsp3) is 0.368. The summed E-state index contributed by atoms with van der Waals surface area (Å²) in [5.41, 5.74) is 10.2. The summed E-state index contributed by atoms with van der Waals surface area (Å²) in [5.74, 6) is 0. The molecule has 1 unspecified atom stereocenters. The van der Waals surface area contributed by atoms with Gasteiger partial charge in [-0.25, -0.2) is 0 Å². The Balaban J connectivity index is 1.86. The maximum absolute atomic E-state index is 6.31. The van der Waals surface area contributed by atoms with Gasteiger partial charge in [0.1, 0.15) is 0 Å². The van der Waals surface area contributed by atoms with Crippen molar-refractivity contribution in [2.45, 2.75) is 32.9 Å². The van der Waals surface area contributed by atoms with Crippen LogP contribution in [0, 0.1) is 6.92 Å². The van der Waals surface area contributed by atoms with E-state index in [1.54, 1.807) is 0 Å². The Hall–Kier alpha value is -1.64. The van der Waals surface area contributed by atoms with Crippen LogP contribution in [-0.2, 0) is 6.54 Å². The lowest BCUT2D eigenvalue weighted by atomic mass is 10.0. The lowest BCUT2D eigenvalue weighted by Crippen LogP contribution is -2.27. The van der Waals surface area contributed by atoms with Crippen LogP contribution in [0.5, 0.6) is 0 Å². The molecular weight excluding hydrogens is 256 g/mol. The highest BCUT2D eigenvalue weighted by Crippen LogP contribution is 2.16. The van der Waals surface area contributed by atoms with E-state index in [0.29, 0.717) is 0 Å². The van der Waals surface area contributed by atoms with Gasteiger partial charge < -0.3 is 5.73 Å². The molecule has 0 saturated heterocycles. The van der Waals surface area contributed by atoms with Crippen molar-refractivity contribution in [2.24, 2.45) is 5.73 Å². The van der Waals surface area contributed by atoms with Crippen LogP contribution < -0.4 is 5.73 Å². The zero-order valence-corrected chi connectivity index (χ0v) is 13.1. The molecule has 0 aliphatic carbocycles. The topological polar surface area (TPSA) is 29.3 Å². The predicted octanol–water partition coefficient (Wildman–Crippen LogP) is 3.91. The number of nitrogens with two attached hydrogens (primary N) is 1. The lowest BCUT2D eigenvalue weighted by molar-refractivity contribution is 0.268. The van der Waals surface area contributed by atoms with Crippen LogP contribution >= 0.6 is 0 Å². The van der Waals surface area contributed by atoms with Gasteiger partial charge >= 0.3 is 0 Å². The van der Waals surface area contributed by atoms with Gasteiger partial charge in [0.25, 0.3) is 0 Å². The van der Waals surface area contributed by atoms with Gasteiger partial charge in [-0.1, -0.05) is 67.1 Å². The number of rotatable bonds is 7. The maximum atomic E-state index is 6.31. The van der Waals surface area contributed by atoms with Gasteiger partial charge in [0.2, 0.25) is 0 Å². The SMILES string of the molecule is CCN(CCC(N)c1ccc(C)cc1)Cc1ccccc1. The van der Waals surface area contributed by atoms with Gasteiger partial charge in [-0.15, -0.1) is 0 Å². The molecule has 0 bridgehead atoms. The summed E-state index contributed by atoms with van der Waals surface area (Å²) in [6.07, 6.45) is 0.990. The summed E-state index contributed by atoms with van der Waals surface area (Å²) < 4.78 is 0. The number of nitrogens with zero attached hydrogens (tertiary/aromatic N) is 1. The molecule has 1 atom stereocenters. The molecular formula is C19H26N2. The minimum absolute atomic E-state index is 0.121. The third-order valence-corrected chi connectivity index (χ3v) is 3.96. The zero-order chi connectivity index (χ0) is 15.1. The minimum atomic E-state index is 0.121. The van der Waals surface area contributed by atoms with Gasteiger partial charge in [0, 0.05) is 19.1 Å². The van der Waals surface area contributed by atoms with E-state index in [9.17, 15) is 0 Å². The van der Waals surface area contributed by atoms with Crippen LogP contribution in [0.15, 0.2) is 54.6 Å². The molecule has 2 rings (SSSR count). The normalized spacial score (nSPS) is 12.6. The highest BCUT2D eigenvalue weighted by atomic mass is 15.1. The molecule has 0 radical (unpaired) electrons. The van der Waals surface area contributed by atoms with E-state index in [2.05, 4.69) is 73.3 Å². The summed E-state index contributed by atoms with van der Waals surface area (Å²) in [5, 5.41) is 0. The first-order chi connectivity index (χ1) is 10.2. The molecule has 2 aromatic rings. The number of hydrogen-bond acceptors (Lipinski definition) is 2. The smallest absolute Gasteiger partial charge is 0.0307 e. The molecule has 2 N–H and O–H groups in total. The van der Waals surface area contributed by atoms with E-state index in [4.69, 9.17) is 5.73 Å². The third kappa shape index (κ3) is 5.00. The largest absolute Gasteiger partial charge is 0.324 e. The summed E-state index contributed by atoms with van der Waals surface area (Å²) >= 11 is 0. The molecule has 0 amide bonds. The third-order valence-electron chi connectivity index (χ3n) is 3.96. The Morgan fingerprint density at radius 1 is 1.00 bits per heavy atom. The van der Waals surface area contributed by atoms with Crippen LogP contribution in [0.2, 0.25) is 0 Å². The van der Waals surface area contributed by atoms with E-state index < -0.39 is 0 Å². The Morgan fingerprint density at radius 2 is 1.67 bits per heavy atom. The fourth-order valence-electron chi connectivity index (χ4n) is 2.49. The van der Waals surface area contributed by atoms with Crippen molar-refractivity contribution in [2.75, 3.05) is 13.1 Å². The van der Waals surface area contributed by atoms with Gasteiger partial charge in [-0.3, -0.25) is 4.90 Å². The summed E-state index contributed by atoms with van der Waals surface area (Å²) in [7, 11) is 0. The van der Waals surface area contributed by atoms with E-state index in [1.807, 2.05) is 0 Å². The fourth-order valence-corrected chi connectivity index (χ4v) is 2.49. The molecule has 21 heavy (non-hydrogen) atoms. The van der Waals surface area contributed by atoms with Crippen molar-refractivity contribution in [3.8, 4) is 0 Å².